The summed E-state index contributed by atoms with van der Waals surface area (Å²) in [6.45, 7) is 0. The minimum Gasteiger partial charge on any atom is -0.242 e. The molecule has 1 heterocycles. The lowest BCUT2D eigenvalue weighted by Gasteiger charge is -1.95. The average molecular weight is 267 g/mol. The number of alkyl halides is 1. The maximum atomic E-state index is 5.75. The summed E-state index contributed by atoms with van der Waals surface area (Å²) in [7, 11) is 0. The van der Waals surface area contributed by atoms with E-state index in [4.69, 9.17) is 23.2 Å². The lowest BCUT2D eigenvalue weighted by molar-refractivity contribution is 1.32. The Morgan fingerprint density at radius 2 is 2.25 bits per heavy atom. The molecule has 0 atom stereocenters. The van der Waals surface area contributed by atoms with Crippen LogP contribution < -0.4 is 0 Å². The summed E-state index contributed by atoms with van der Waals surface area (Å²) < 4.78 is 0. The van der Waals surface area contributed by atoms with Crippen LogP contribution in [-0.2, 0) is 0 Å². The molecule has 0 aromatic carbocycles. The van der Waals surface area contributed by atoms with E-state index in [0.717, 1.165) is 10.9 Å². The number of allylic oxidation sites excluding steroid dienone is 1. The van der Waals surface area contributed by atoms with Crippen molar-refractivity contribution in [1.82, 2.24) is 4.98 Å². The summed E-state index contributed by atoms with van der Waals surface area (Å²) in [6.07, 6.45) is 5.55. The molecule has 0 aliphatic carbocycles. The molecule has 0 amide bonds. The number of aromatic nitrogens is 1. The van der Waals surface area contributed by atoms with Crippen molar-refractivity contribution in [2.75, 3.05) is 5.33 Å². The van der Waals surface area contributed by atoms with Gasteiger partial charge in [-0.2, -0.15) is 0 Å². The van der Waals surface area contributed by atoms with Crippen LogP contribution in [0.25, 0.3) is 6.08 Å². The fourth-order valence-corrected chi connectivity index (χ4v) is 1.17. The smallest absolute Gasteiger partial charge is 0.147 e. The van der Waals surface area contributed by atoms with E-state index in [1.165, 1.54) is 0 Å². The Morgan fingerprint density at radius 3 is 2.83 bits per heavy atom. The first-order chi connectivity index (χ1) is 5.74. The summed E-state index contributed by atoms with van der Waals surface area (Å²) in [5, 5.41) is 1.63. The topological polar surface area (TPSA) is 12.9 Å². The van der Waals surface area contributed by atoms with Crippen LogP contribution in [0.15, 0.2) is 18.3 Å². The molecule has 0 spiro atoms. The van der Waals surface area contributed by atoms with E-state index in [2.05, 4.69) is 20.9 Å². The molecular formula is C8H6BrCl2N. The SMILES string of the molecule is Clc1cc(C=CCBr)cnc1Cl. The highest BCUT2D eigenvalue weighted by molar-refractivity contribution is 9.09. The van der Waals surface area contributed by atoms with Crippen molar-refractivity contribution in [3.05, 3.63) is 34.1 Å². The lowest BCUT2D eigenvalue weighted by atomic mass is 10.3. The van der Waals surface area contributed by atoms with E-state index in [1.807, 2.05) is 12.2 Å². The lowest BCUT2D eigenvalue weighted by Crippen LogP contribution is -1.79. The number of pyridine rings is 1. The third-order valence-electron chi connectivity index (χ3n) is 1.22. The van der Waals surface area contributed by atoms with Gasteiger partial charge in [0.2, 0.25) is 0 Å². The minimum absolute atomic E-state index is 0.340. The molecule has 1 aromatic heterocycles. The molecule has 0 N–H and O–H groups in total. The summed E-state index contributed by atoms with van der Waals surface area (Å²) in [6, 6.07) is 1.77. The number of halogens is 3. The van der Waals surface area contributed by atoms with Gasteiger partial charge in [-0.1, -0.05) is 51.3 Å². The van der Waals surface area contributed by atoms with Gasteiger partial charge in [-0.25, -0.2) is 4.98 Å². The number of nitrogens with zero attached hydrogens (tertiary/aromatic N) is 1. The van der Waals surface area contributed by atoms with Gasteiger partial charge < -0.3 is 0 Å². The van der Waals surface area contributed by atoms with Gasteiger partial charge in [0.25, 0.3) is 0 Å². The minimum atomic E-state index is 0.340. The van der Waals surface area contributed by atoms with E-state index in [-0.39, 0.29) is 0 Å². The number of hydrogen-bond acceptors (Lipinski definition) is 1. The molecule has 0 aliphatic rings. The van der Waals surface area contributed by atoms with Crippen LogP contribution in [0.4, 0.5) is 0 Å². The van der Waals surface area contributed by atoms with Crippen molar-refractivity contribution in [3.8, 4) is 0 Å². The van der Waals surface area contributed by atoms with Crippen LogP contribution in [0.2, 0.25) is 10.2 Å². The molecule has 4 heteroatoms. The molecule has 0 saturated heterocycles. The van der Waals surface area contributed by atoms with Gasteiger partial charge in [0.15, 0.2) is 0 Å². The second kappa shape index (κ2) is 4.85. The third kappa shape index (κ3) is 2.77. The fraction of sp³-hybridized carbons (Fsp3) is 0.125. The van der Waals surface area contributed by atoms with Crippen LogP contribution in [0.3, 0.4) is 0 Å². The summed E-state index contributed by atoms with van der Waals surface area (Å²) >= 11 is 14.7. The van der Waals surface area contributed by atoms with Gasteiger partial charge in [-0.3, -0.25) is 0 Å². The van der Waals surface area contributed by atoms with Crippen LogP contribution in [0, 0.1) is 0 Å². The van der Waals surface area contributed by atoms with Gasteiger partial charge in [-0.05, 0) is 11.6 Å². The molecule has 12 heavy (non-hydrogen) atoms. The Kier molecular flexibility index (Phi) is 4.06. The normalized spacial score (nSPS) is 10.9. The van der Waals surface area contributed by atoms with Crippen molar-refractivity contribution in [1.29, 1.82) is 0 Å². The highest BCUT2D eigenvalue weighted by Gasteiger charge is 1.97. The standard InChI is InChI=1S/C8H6BrCl2N/c9-3-1-2-6-4-7(10)8(11)12-5-6/h1-2,4-5H,3H2. The van der Waals surface area contributed by atoms with Crippen LogP contribution >= 0.6 is 39.1 Å². The molecule has 1 aromatic rings. The third-order valence-corrected chi connectivity index (χ3v) is 2.28. The molecule has 1 nitrogen and oxygen atoms in total. The highest BCUT2D eigenvalue weighted by Crippen LogP contribution is 2.20. The van der Waals surface area contributed by atoms with Crippen molar-refractivity contribution in [3.63, 3.8) is 0 Å². The molecule has 0 saturated carbocycles. The van der Waals surface area contributed by atoms with E-state index in [0.29, 0.717) is 10.2 Å². The van der Waals surface area contributed by atoms with Gasteiger partial charge in [0.05, 0.1) is 5.02 Å². The molecule has 0 aliphatic heterocycles. The second-order valence-electron chi connectivity index (χ2n) is 2.10. The quantitative estimate of drug-likeness (QED) is 0.586. The Labute approximate surface area is 89.5 Å². The van der Waals surface area contributed by atoms with Crippen molar-refractivity contribution in [2.45, 2.75) is 0 Å². The number of hydrogen-bond donors (Lipinski definition) is 0. The molecule has 64 valence electrons. The summed E-state index contributed by atoms with van der Waals surface area (Å²) in [5.74, 6) is 0. The highest BCUT2D eigenvalue weighted by atomic mass is 79.9. The molecule has 1 rings (SSSR count). The van der Waals surface area contributed by atoms with Gasteiger partial charge in [-0.15, -0.1) is 0 Å². The zero-order valence-electron chi connectivity index (χ0n) is 6.10. The van der Waals surface area contributed by atoms with Gasteiger partial charge in [0, 0.05) is 11.5 Å². The largest absolute Gasteiger partial charge is 0.242 e. The molecule has 0 bridgehead atoms. The molecule has 0 fully saturated rings. The van der Waals surface area contributed by atoms with Crippen LogP contribution in [0.5, 0.6) is 0 Å². The number of rotatable bonds is 2. The summed E-state index contributed by atoms with van der Waals surface area (Å²) in [5.41, 5.74) is 0.948. The van der Waals surface area contributed by atoms with Crippen LogP contribution in [-0.4, -0.2) is 10.3 Å². The monoisotopic (exact) mass is 265 g/mol. The van der Waals surface area contributed by atoms with E-state index in [1.54, 1.807) is 12.3 Å². The first-order valence-corrected chi connectivity index (χ1v) is 5.15. The van der Waals surface area contributed by atoms with E-state index in [9.17, 15) is 0 Å². The maximum absolute atomic E-state index is 5.75. The Bertz CT molecular complexity index is 299. The first-order valence-electron chi connectivity index (χ1n) is 3.27. The Hall–Kier alpha value is -0.0500. The maximum Gasteiger partial charge on any atom is 0.147 e. The predicted octanol–water partition coefficient (Wildman–Crippen LogP) is 3.80. The Balaban J connectivity index is 2.89. The fourth-order valence-electron chi connectivity index (χ4n) is 0.708. The Morgan fingerprint density at radius 1 is 1.50 bits per heavy atom. The van der Waals surface area contributed by atoms with Crippen molar-refractivity contribution in [2.24, 2.45) is 0 Å². The zero-order valence-corrected chi connectivity index (χ0v) is 9.20. The van der Waals surface area contributed by atoms with Gasteiger partial charge in [0.1, 0.15) is 5.15 Å². The molecular weight excluding hydrogens is 261 g/mol. The zero-order chi connectivity index (χ0) is 8.97. The van der Waals surface area contributed by atoms with Crippen molar-refractivity contribution < 1.29 is 0 Å². The van der Waals surface area contributed by atoms with Gasteiger partial charge >= 0.3 is 0 Å². The average Bonchev–Trinajstić information content (AvgIpc) is 2.07. The van der Waals surface area contributed by atoms with E-state index < -0.39 is 0 Å². The summed E-state index contributed by atoms with van der Waals surface area (Å²) in [4.78, 5) is 3.90. The predicted molar refractivity (Wildman–Crippen MR) is 57.1 cm³/mol. The second-order valence-corrected chi connectivity index (χ2v) is 3.51. The first kappa shape index (κ1) is 10.0. The molecule has 0 radical (unpaired) electrons. The van der Waals surface area contributed by atoms with E-state index >= 15 is 0 Å². The van der Waals surface area contributed by atoms with Crippen molar-refractivity contribution >= 4 is 45.2 Å². The molecule has 0 unspecified atom stereocenters. The van der Waals surface area contributed by atoms with Crippen LogP contribution in [0.1, 0.15) is 5.56 Å².